The number of benzene rings is 2. The number of fused-ring (bicyclic) bond motifs is 1. The zero-order valence-electron chi connectivity index (χ0n) is 18.4. The normalized spacial score (nSPS) is 13.4. The number of carboxylic acid groups (broad SMARTS) is 1. The largest absolute Gasteiger partial charge is 0.494 e. The maximum Gasteiger partial charge on any atom is 0.326 e. The third kappa shape index (κ3) is 4.19. The molecule has 2 aromatic carbocycles. The lowest BCUT2D eigenvalue weighted by molar-refractivity contribution is -0.139. The average Bonchev–Trinajstić information content (AvgIpc) is 3.04. The highest BCUT2D eigenvalue weighted by Gasteiger charge is 2.25. The van der Waals surface area contributed by atoms with Gasteiger partial charge in [-0.3, -0.25) is 14.4 Å². The number of aromatic hydroxyl groups is 2. The van der Waals surface area contributed by atoms with Crippen LogP contribution in [-0.4, -0.2) is 50.6 Å². The molecule has 170 valence electrons. The number of aryl methyl sites for hydroxylation is 2. The number of rotatable bonds is 6. The molecule has 2 heterocycles. The van der Waals surface area contributed by atoms with Crippen molar-refractivity contribution in [2.24, 2.45) is 4.99 Å². The molecule has 4 N–H and O–H groups in total. The predicted octanol–water partition coefficient (Wildman–Crippen LogP) is 2.91. The minimum absolute atomic E-state index is 0.0364. The number of hydrogen-bond acceptors (Lipinski definition) is 5. The van der Waals surface area contributed by atoms with Crippen LogP contribution in [0.1, 0.15) is 38.2 Å². The topological polar surface area (TPSA) is 124 Å². The van der Waals surface area contributed by atoms with E-state index in [0.717, 1.165) is 11.1 Å². The van der Waals surface area contributed by atoms with E-state index < -0.39 is 17.9 Å². The number of hydrogen-bond donors (Lipinski definition) is 4. The molecule has 3 aromatic rings. The number of aliphatic imine (C=N–C) groups is 1. The zero-order valence-corrected chi connectivity index (χ0v) is 18.4. The van der Waals surface area contributed by atoms with Gasteiger partial charge in [0.05, 0.1) is 11.3 Å². The van der Waals surface area contributed by atoms with E-state index in [1.54, 1.807) is 30.5 Å². The quantitative estimate of drug-likeness (QED) is 0.463. The van der Waals surface area contributed by atoms with Crippen LogP contribution in [-0.2, 0) is 17.6 Å². The fourth-order valence-electron chi connectivity index (χ4n) is 4.19. The van der Waals surface area contributed by atoms with Crippen molar-refractivity contribution in [1.82, 2.24) is 9.88 Å². The van der Waals surface area contributed by atoms with Gasteiger partial charge in [0.25, 0.3) is 5.91 Å². The first kappa shape index (κ1) is 22.1. The summed E-state index contributed by atoms with van der Waals surface area (Å²) in [4.78, 5) is 28.7. The Kier molecular flexibility index (Phi) is 5.91. The highest BCUT2D eigenvalue weighted by molar-refractivity contribution is 5.99. The molecule has 1 unspecified atom stereocenters. The van der Waals surface area contributed by atoms with E-state index in [2.05, 4.69) is 10.3 Å². The number of nitrogens with zero attached hydrogens (tertiary/aromatic N) is 2. The summed E-state index contributed by atoms with van der Waals surface area (Å²) in [5, 5.41) is 33.4. The Morgan fingerprint density at radius 3 is 2.33 bits per heavy atom. The van der Waals surface area contributed by atoms with Gasteiger partial charge >= 0.3 is 5.97 Å². The highest BCUT2D eigenvalue weighted by Crippen LogP contribution is 2.37. The van der Waals surface area contributed by atoms with E-state index in [1.165, 1.54) is 4.57 Å². The van der Waals surface area contributed by atoms with Crippen LogP contribution in [0.3, 0.4) is 0 Å². The number of aromatic nitrogens is 1. The van der Waals surface area contributed by atoms with Gasteiger partial charge in [0.2, 0.25) is 11.8 Å². The average molecular weight is 447 g/mol. The first-order chi connectivity index (χ1) is 15.8. The van der Waals surface area contributed by atoms with Gasteiger partial charge in [-0.1, -0.05) is 30.3 Å². The van der Waals surface area contributed by atoms with Crippen molar-refractivity contribution < 1.29 is 24.9 Å². The van der Waals surface area contributed by atoms with E-state index in [-0.39, 0.29) is 18.2 Å². The van der Waals surface area contributed by atoms with E-state index in [4.69, 9.17) is 0 Å². The smallest absolute Gasteiger partial charge is 0.326 e. The lowest BCUT2D eigenvalue weighted by Crippen LogP contribution is -2.42. The van der Waals surface area contributed by atoms with Crippen LogP contribution in [0.15, 0.2) is 47.5 Å². The first-order valence-corrected chi connectivity index (χ1v) is 10.6. The molecule has 0 radical (unpaired) electrons. The van der Waals surface area contributed by atoms with E-state index in [9.17, 15) is 24.9 Å². The first-order valence-electron chi connectivity index (χ1n) is 10.6. The molecule has 8 nitrogen and oxygen atoms in total. The molecule has 1 aliphatic heterocycles. The van der Waals surface area contributed by atoms with E-state index >= 15 is 0 Å². The number of carbonyl (C=O) groups excluding carboxylic acids is 1. The second-order valence-electron chi connectivity index (χ2n) is 8.16. The van der Waals surface area contributed by atoms with Gasteiger partial charge in [0.1, 0.15) is 6.04 Å². The Hall–Kier alpha value is -4.07. The lowest BCUT2D eigenvalue weighted by Gasteiger charge is -2.17. The van der Waals surface area contributed by atoms with Gasteiger partial charge in [-0.2, -0.15) is 0 Å². The molecule has 0 fully saturated rings. The van der Waals surface area contributed by atoms with E-state index in [0.29, 0.717) is 40.9 Å². The molecule has 33 heavy (non-hydrogen) atoms. The molecule has 0 bridgehead atoms. The zero-order chi connectivity index (χ0) is 23.7. The maximum absolute atomic E-state index is 12.8. The second-order valence-corrected chi connectivity index (χ2v) is 8.16. The van der Waals surface area contributed by atoms with Crippen LogP contribution in [0.2, 0.25) is 0 Å². The van der Waals surface area contributed by atoms with Crippen molar-refractivity contribution in [3.05, 3.63) is 75.8 Å². The number of aliphatic carboxylic acids is 1. The highest BCUT2D eigenvalue weighted by atomic mass is 16.4. The van der Waals surface area contributed by atoms with Gasteiger partial charge < -0.3 is 20.6 Å². The number of amides is 1. The molecule has 0 spiro atoms. The summed E-state index contributed by atoms with van der Waals surface area (Å²) in [5.74, 6) is -1.69. The van der Waals surface area contributed by atoms with Gasteiger partial charge in [-0.15, -0.1) is 0 Å². The Morgan fingerprint density at radius 1 is 1.06 bits per heavy atom. The molecule has 1 aromatic heterocycles. The van der Waals surface area contributed by atoms with Gasteiger partial charge in [-0.05, 0) is 49.1 Å². The lowest BCUT2D eigenvalue weighted by atomic mass is 10.0. The van der Waals surface area contributed by atoms with Crippen molar-refractivity contribution in [2.75, 3.05) is 6.54 Å². The minimum Gasteiger partial charge on any atom is -0.494 e. The third-order valence-corrected chi connectivity index (χ3v) is 5.92. The Balaban J connectivity index is 1.54. The summed E-state index contributed by atoms with van der Waals surface area (Å²) in [5.41, 5.74) is 4.40. The van der Waals surface area contributed by atoms with Gasteiger partial charge in [0.15, 0.2) is 0 Å². The fraction of sp³-hybridized carbons (Fsp3) is 0.240. The summed E-state index contributed by atoms with van der Waals surface area (Å²) < 4.78 is 1.34. The Bertz CT molecular complexity index is 1240. The third-order valence-electron chi connectivity index (χ3n) is 5.92. The standard InChI is InChI=1S/C25H25N3O5/c1-14-4-3-5-15(2)21(14)22(29)27-20(25(32)33)12-16-6-8-17(9-7-16)28-23(30)18-10-11-26-13-19(18)24(28)31/h3-9,13,20,30-31H,10-12H2,1-2H3,(H,27,29)(H,32,33). The van der Waals surface area contributed by atoms with Crippen molar-refractivity contribution in [1.29, 1.82) is 0 Å². The second kappa shape index (κ2) is 8.82. The Morgan fingerprint density at radius 2 is 1.73 bits per heavy atom. The summed E-state index contributed by atoms with van der Waals surface area (Å²) in [6, 6.07) is 11.1. The van der Waals surface area contributed by atoms with Crippen molar-refractivity contribution >= 4 is 18.1 Å². The van der Waals surface area contributed by atoms with Crippen molar-refractivity contribution in [3.8, 4) is 17.4 Å². The predicted molar refractivity (Wildman–Crippen MR) is 124 cm³/mol. The minimum atomic E-state index is -1.13. The van der Waals surface area contributed by atoms with Gasteiger partial charge in [-0.25, -0.2) is 4.79 Å². The fourth-order valence-corrected chi connectivity index (χ4v) is 4.19. The summed E-state index contributed by atoms with van der Waals surface area (Å²) >= 11 is 0. The summed E-state index contributed by atoms with van der Waals surface area (Å²) in [6.07, 6.45) is 2.17. The van der Waals surface area contributed by atoms with Crippen LogP contribution in [0.25, 0.3) is 5.69 Å². The van der Waals surface area contributed by atoms with Crippen molar-refractivity contribution in [3.63, 3.8) is 0 Å². The monoisotopic (exact) mass is 447 g/mol. The van der Waals surface area contributed by atoms with Crippen molar-refractivity contribution in [2.45, 2.75) is 32.7 Å². The summed E-state index contributed by atoms with van der Waals surface area (Å²) in [7, 11) is 0. The van der Waals surface area contributed by atoms with Crippen LogP contribution in [0, 0.1) is 13.8 Å². The molecular weight excluding hydrogens is 422 g/mol. The molecule has 0 aliphatic carbocycles. The number of nitrogens with one attached hydrogen (secondary N) is 1. The summed E-state index contributed by atoms with van der Waals surface area (Å²) in [6.45, 7) is 4.17. The molecular formula is C25H25N3O5. The Labute approximate surface area is 190 Å². The van der Waals surface area contributed by atoms with Crippen LogP contribution in [0.4, 0.5) is 0 Å². The molecule has 1 amide bonds. The molecule has 1 atom stereocenters. The molecule has 0 saturated carbocycles. The number of carboxylic acids is 1. The molecule has 8 heteroatoms. The molecule has 0 saturated heterocycles. The molecule has 1 aliphatic rings. The number of carbonyl (C=O) groups is 2. The van der Waals surface area contributed by atoms with E-state index in [1.807, 2.05) is 32.0 Å². The van der Waals surface area contributed by atoms with Gasteiger partial charge in [0, 0.05) is 30.3 Å². The molecule has 4 rings (SSSR count). The van der Waals surface area contributed by atoms with Crippen LogP contribution >= 0.6 is 0 Å². The van der Waals surface area contributed by atoms with Crippen LogP contribution in [0.5, 0.6) is 11.8 Å². The maximum atomic E-state index is 12.8. The van der Waals surface area contributed by atoms with Crippen LogP contribution < -0.4 is 5.32 Å². The SMILES string of the molecule is Cc1cccc(C)c1C(=O)NC(Cc1ccc(-n2c(O)c3c(c2O)CCN=C3)cc1)C(=O)O.